The molecule has 0 unspecified atom stereocenters. The van der Waals surface area contributed by atoms with Crippen LogP contribution in [-0.2, 0) is 24.0 Å². The van der Waals surface area contributed by atoms with Crippen LogP contribution in [0.25, 0.3) is 0 Å². The molecule has 0 saturated carbocycles. The number of rotatable bonds is 44. The molecule has 0 aliphatic carbocycles. The molecule has 0 aromatic carbocycles. The largest absolute Gasteiger partial charge is 0.550 e. The third-order valence-electron chi connectivity index (χ3n) is 11.1. The van der Waals surface area contributed by atoms with Crippen molar-refractivity contribution in [3.05, 3.63) is 0 Å². The molecule has 5 N–H and O–H groups in total. The van der Waals surface area contributed by atoms with Crippen molar-refractivity contribution in [1.82, 2.24) is 15.1 Å². The van der Waals surface area contributed by atoms with E-state index in [4.69, 9.17) is 21.4 Å². The molecule has 0 bridgehead atoms. The highest BCUT2D eigenvalue weighted by atomic mass is 16.4. The molecule has 11 nitrogen and oxygen atoms in total. The molecule has 59 heavy (non-hydrogen) atoms. The Labute approximate surface area is 362 Å². The second-order valence-corrected chi connectivity index (χ2v) is 16.9. The topological polar surface area (TPSA) is 179 Å². The van der Waals surface area contributed by atoms with Crippen molar-refractivity contribution in [2.75, 3.05) is 39.3 Å². The lowest BCUT2D eigenvalue weighted by atomic mass is 10.0. The first kappa shape index (κ1) is 58.4. The van der Waals surface area contributed by atoms with Crippen LogP contribution in [0.3, 0.4) is 0 Å². The Hall–Kier alpha value is -2.69. The van der Waals surface area contributed by atoms with Crippen molar-refractivity contribution in [2.45, 2.75) is 239 Å². The lowest BCUT2D eigenvalue weighted by Crippen LogP contribution is -2.43. The van der Waals surface area contributed by atoms with Crippen LogP contribution in [0.4, 0.5) is 0 Å². The first-order valence-electron chi connectivity index (χ1n) is 24.5. The minimum atomic E-state index is -1.08. The zero-order valence-electron chi connectivity index (χ0n) is 38.8. The minimum absolute atomic E-state index is 0.0441. The van der Waals surface area contributed by atoms with Gasteiger partial charge in [0, 0.05) is 70.9 Å². The van der Waals surface area contributed by atoms with E-state index in [1.54, 1.807) is 4.90 Å². The predicted octanol–water partition coefficient (Wildman–Crippen LogP) is 9.26. The maximum atomic E-state index is 13.2. The number of nitrogens with two attached hydrogens (primary N) is 2. The second-order valence-electron chi connectivity index (χ2n) is 16.9. The van der Waals surface area contributed by atoms with Gasteiger partial charge in [-0.15, -0.1) is 0 Å². The highest BCUT2D eigenvalue weighted by molar-refractivity contribution is 5.78. The van der Waals surface area contributed by atoms with Crippen LogP contribution in [0, 0.1) is 0 Å². The number of hydrogen-bond donors (Lipinski definition) is 3. The highest BCUT2D eigenvalue weighted by Crippen LogP contribution is 2.16. The molecule has 0 radical (unpaired) electrons. The number of nitrogens with zero attached hydrogens (tertiary/aromatic N) is 2. The van der Waals surface area contributed by atoms with Crippen molar-refractivity contribution in [2.24, 2.45) is 11.5 Å². The Morgan fingerprint density at radius 1 is 0.424 bits per heavy atom. The van der Waals surface area contributed by atoms with E-state index in [0.29, 0.717) is 52.1 Å². The zero-order valence-corrected chi connectivity index (χ0v) is 38.8. The molecular weight excluding hydrogens is 743 g/mol. The molecule has 0 aliphatic heterocycles. The third-order valence-corrected chi connectivity index (χ3v) is 11.1. The molecule has 0 atom stereocenters. The summed E-state index contributed by atoms with van der Waals surface area (Å²) < 4.78 is 0. The number of aliphatic carboxylic acids is 1. The van der Waals surface area contributed by atoms with E-state index < -0.39 is 11.9 Å². The van der Waals surface area contributed by atoms with Crippen LogP contribution in [-0.4, -0.2) is 78.7 Å². The standard InChI is InChI=1S/C46H91N5O4.C2H4O2/c1-3-5-7-9-11-13-15-17-19-21-23-25-27-29-31-33-45(54)49-37-40-50(38-35-43(47)52)41-42-51(39-36-44(48)53)46(55)34-32-30-28-26-24-22-20-18-16-14-12-10-8-6-4-2;1-2(3)4/h3-42H2,1-2H3,(H2,47,52)(H2,48,53)(H,49,54);1H3,(H,3,4)/p-1. The van der Waals surface area contributed by atoms with Crippen LogP contribution >= 0.6 is 0 Å². The number of amides is 4. The van der Waals surface area contributed by atoms with Gasteiger partial charge in [-0.3, -0.25) is 24.1 Å². The summed E-state index contributed by atoms with van der Waals surface area (Å²) in [5.41, 5.74) is 10.9. The number of carbonyl (C=O) groups excluding carboxylic acids is 5. The van der Waals surface area contributed by atoms with Crippen LogP contribution in [0.15, 0.2) is 0 Å². The van der Waals surface area contributed by atoms with Gasteiger partial charge in [0.1, 0.15) is 0 Å². The Morgan fingerprint density at radius 3 is 1.10 bits per heavy atom. The van der Waals surface area contributed by atoms with Crippen molar-refractivity contribution >= 4 is 29.6 Å². The second kappa shape index (κ2) is 46.4. The van der Waals surface area contributed by atoms with E-state index in [1.807, 2.05) is 0 Å². The summed E-state index contributed by atoms with van der Waals surface area (Å²) in [6.07, 6.45) is 40.0. The van der Waals surface area contributed by atoms with Gasteiger partial charge in [-0.2, -0.15) is 0 Å². The molecule has 0 aromatic heterocycles. The molecule has 0 saturated heterocycles. The summed E-state index contributed by atoms with van der Waals surface area (Å²) in [5.74, 6) is -1.78. The fraction of sp³-hybridized carbons (Fsp3) is 0.896. The zero-order chi connectivity index (χ0) is 44.0. The van der Waals surface area contributed by atoms with Gasteiger partial charge in [0.15, 0.2) is 0 Å². The molecule has 348 valence electrons. The van der Waals surface area contributed by atoms with E-state index in [9.17, 15) is 19.2 Å². The number of carboxylic acid groups (broad SMARTS) is 1. The average molecular weight is 837 g/mol. The Balaban J connectivity index is 0. The van der Waals surface area contributed by atoms with Crippen LogP contribution in [0.5, 0.6) is 0 Å². The lowest BCUT2D eigenvalue weighted by Gasteiger charge is -2.28. The minimum Gasteiger partial charge on any atom is -0.550 e. The van der Waals surface area contributed by atoms with Crippen LogP contribution < -0.4 is 21.9 Å². The van der Waals surface area contributed by atoms with Gasteiger partial charge in [-0.1, -0.05) is 194 Å². The molecule has 0 aromatic rings. The number of unbranched alkanes of at least 4 members (excludes halogenated alkanes) is 28. The normalized spacial score (nSPS) is 11.0. The monoisotopic (exact) mass is 837 g/mol. The van der Waals surface area contributed by atoms with Gasteiger partial charge in [-0.05, 0) is 19.8 Å². The van der Waals surface area contributed by atoms with Gasteiger partial charge >= 0.3 is 0 Å². The van der Waals surface area contributed by atoms with Crippen LogP contribution in [0.2, 0.25) is 0 Å². The highest BCUT2D eigenvalue weighted by Gasteiger charge is 2.17. The van der Waals surface area contributed by atoms with Gasteiger partial charge < -0.3 is 31.6 Å². The van der Waals surface area contributed by atoms with Gasteiger partial charge in [0.2, 0.25) is 23.6 Å². The first-order valence-corrected chi connectivity index (χ1v) is 24.5. The van der Waals surface area contributed by atoms with E-state index in [-0.39, 0.29) is 30.6 Å². The van der Waals surface area contributed by atoms with E-state index in [1.165, 1.54) is 161 Å². The van der Waals surface area contributed by atoms with Crippen molar-refractivity contribution < 1.29 is 29.1 Å². The lowest BCUT2D eigenvalue weighted by molar-refractivity contribution is -0.302. The third kappa shape index (κ3) is 49.6. The number of nitrogens with one attached hydrogen (secondary N) is 1. The molecule has 0 aliphatic rings. The Morgan fingerprint density at radius 2 is 0.746 bits per heavy atom. The molecule has 0 rings (SSSR count). The maximum Gasteiger partial charge on any atom is 0.222 e. The van der Waals surface area contributed by atoms with Crippen LogP contribution in [0.1, 0.15) is 239 Å². The SMILES string of the molecule is CC(=O)[O-].CCCCCCCCCCCCCCCCCC(=O)NCCN(CCC(N)=O)CCN(CCC(N)=O)C(=O)CCCCCCCCCCCCCCCCC. The Kier molecular flexibility index (Phi) is 45.9. The molecule has 0 spiro atoms. The smallest absolute Gasteiger partial charge is 0.222 e. The summed E-state index contributed by atoms with van der Waals surface area (Å²) in [6.45, 7) is 8.28. The van der Waals surface area contributed by atoms with Crippen molar-refractivity contribution in [3.8, 4) is 0 Å². The maximum absolute atomic E-state index is 13.2. The fourth-order valence-electron chi connectivity index (χ4n) is 7.38. The first-order chi connectivity index (χ1) is 28.5. The number of carbonyl (C=O) groups is 5. The van der Waals surface area contributed by atoms with Gasteiger partial charge in [-0.25, -0.2) is 0 Å². The van der Waals surface area contributed by atoms with E-state index in [0.717, 1.165) is 39.0 Å². The molecular formula is C48H94N5O6-. The quantitative estimate of drug-likeness (QED) is 0.0512. The molecule has 4 amide bonds. The van der Waals surface area contributed by atoms with Gasteiger partial charge in [0.25, 0.3) is 0 Å². The number of hydrogen-bond acceptors (Lipinski definition) is 7. The predicted molar refractivity (Wildman–Crippen MR) is 243 cm³/mol. The molecule has 0 fully saturated rings. The fourth-order valence-corrected chi connectivity index (χ4v) is 7.38. The van der Waals surface area contributed by atoms with Crippen molar-refractivity contribution in [1.29, 1.82) is 0 Å². The van der Waals surface area contributed by atoms with E-state index in [2.05, 4.69) is 24.1 Å². The van der Waals surface area contributed by atoms with E-state index >= 15 is 0 Å². The molecule has 0 heterocycles. The summed E-state index contributed by atoms with van der Waals surface area (Å²) in [7, 11) is 0. The van der Waals surface area contributed by atoms with Crippen molar-refractivity contribution in [3.63, 3.8) is 0 Å². The molecule has 11 heteroatoms. The van der Waals surface area contributed by atoms with Gasteiger partial charge in [0.05, 0.1) is 0 Å². The summed E-state index contributed by atoms with van der Waals surface area (Å²) in [6, 6.07) is 0. The average Bonchev–Trinajstić information content (AvgIpc) is 3.19. The number of primary amides is 2. The summed E-state index contributed by atoms with van der Waals surface area (Å²) >= 11 is 0. The summed E-state index contributed by atoms with van der Waals surface area (Å²) in [4.78, 5) is 61.5. The number of carboxylic acids is 1. The summed E-state index contributed by atoms with van der Waals surface area (Å²) in [5, 5.41) is 11.9. The Bertz CT molecular complexity index is 993.